The maximum atomic E-state index is 6.14. The summed E-state index contributed by atoms with van der Waals surface area (Å²) in [6.07, 6.45) is 3.89. The lowest BCUT2D eigenvalue weighted by molar-refractivity contribution is 0.190. The third-order valence-corrected chi connectivity index (χ3v) is 4.63. The van der Waals surface area contributed by atoms with Gasteiger partial charge >= 0.3 is 0 Å². The molecule has 1 aliphatic heterocycles. The molecule has 20 heavy (non-hydrogen) atoms. The molecule has 1 aromatic rings. The topological polar surface area (TPSA) is 15.3 Å². The zero-order chi connectivity index (χ0) is 14.4. The minimum absolute atomic E-state index is 0.744. The molecule has 0 amide bonds. The largest absolute Gasteiger partial charge is 0.313 e. The average molecular weight is 315 g/mol. The Morgan fingerprint density at radius 3 is 2.75 bits per heavy atom. The van der Waals surface area contributed by atoms with Gasteiger partial charge in [0.25, 0.3) is 0 Å². The standard InChI is InChI=1S/C16H24Cl2N2/c1-13-5-9-20(10-6-13)8-2-7-19-12-14-11-15(17)3-4-16(14)18/h3-4,11,13,19H,2,5-10,12H2,1H3. The molecule has 2 rings (SSSR count). The van der Waals surface area contributed by atoms with E-state index in [1.165, 1.54) is 38.9 Å². The normalized spacial score (nSPS) is 17.6. The van der Waals surface area contributed by atoms with Crippen LogP contribution < -0.4 is 5.32 Å². The molecule has 0 radical (unpaired) electrons. The molecule has 1 heterocycles. The number of nitrogens with one attached hydrogen (secondary N) is 1. The second-order valence-electron chi connectivity index (χ2n) is 5.79. The van der Waals surface area contributed by atoms with Crippen molar-refractivity contribution in [2.45, 2.75) is 32.7 Å². The van der Waals surface area contributed by atoms with Gasteiger partial charge in [0.1, 0.15) is 0 Å². The second kappa shape index (κ2) is 8.23. The number of likely N-dealkylation sites (tertiary alicyclic amines) is 1. The van der Waals surface area contributed by atoms with E-state index in [9.17, 15) is 0 Å². The maximum Gasteiger partial charge on any atom is 0.0451 e. The van der Waals surface area contributed by atoms with Crippen molar-refractivity contribution in [1.29, 1.82) is 0 Å². The fourth-order valence-electron chi connectivity index (χ4n) is 2.62. The van der Waals surface area contributed by atoms with E-state index in [1.54, 1.807) is 0 Å². The van der Waals surface area contributed by atoms with Crippen LogP contribution >= 0.6 is 23.2 Å². The van der Waals surface area contributed by atoms with Crippen molar-refractivity contribution in [2.24, 2.45) is 5.92 Å². The number of hydrogen-bond acceptors (Lipinski definition) is 2. The van der Waals surface area contributed by atoms with Crippen LogP contribution in [-0.2, 0) is 6.54 Å². The molecule has 0 aromatic heterocycles. The van der Waals surface area contributed by atoms with Crippen LogP contribution in [0.5, 0.6) is 0 Å². The first-order chi connectivity index (χ1) is 9.65. The SMILES string of the molecule is CC1CCN(CCCNCc2cc(Cl)ccc2Cl)CC1. The van der Waals surface area contributed by atoms with Crippen LogP contribution in [0.15, 0.2) is 18.2 Å². The quantitative estimate of drug-likeness (QED) is 0.791. The third-order valence-electron chi connectivity index (χ3n) is 4.03. The van der Waals surface area contributed by atoms with Gasteiger partial charge in [-0.15, -0.1) is 0 Å². The molecular weight excluding hydrogens is 291 g/mol. The molecule has 2 nitrogen and oxygen atoms in total. The van der Waals surface area contributed by atoms with Gasteiger partial charge in [0.2, 0.25) is 0 Å². The van der Waals surface area contributed by atoms with Crippen molar-refractivity contribution in [3.05, 3.63) is 33.8 Å². The Morgan fingerprint density at radius 2 is 2.00 bits per heavy atom. The van der Waals surface area contributed by atoms with Gasteiger partial charge in [-0.25, -0.2) is 0 Å². The number of piperidine rings is 1. The van der Waals surface area contributed by atoms with Crippen LogP contribution in [0, 0.1) is 5.92 Å². The summed E-state index contributed by atoms with van der Waals surface area (Å²) in [6.45, 7) is 7.89. The monoisotopic (exact) mass is 314 g/mol. The Labute approximate surface area is 132 Å². The predicted molar refractivity (Wildman–Crippen MR) is 87.6 cm³/mol. The summed E-state index contributed by atoms with van der Waals surface area (Å²) in [6, 6.07) is 5.61. The van der Waals surface area contributed by atoms with Crippen LogP contribution in [0.25, 0.3) is 0 Å². The van der Waals surface area contributed by atoms with E-state index in [-0.39, 0.29) is 0 Å². The number of hydrogen-bond donors (Lipinski definition) is 1. The van der Waals surface area contributed by atoms with E-state index in [4.69, 9.17) is 23.2 Å². The highest BCUT2D eigenvalue weighted by atomic mass is 35.5. The molecule has 0 atom stereocenters. The van der Waals surface area contributed by atoms with Gasteiger partial charge in [0.05, 0.1) is 0 Å². The first-order valence-corrected chi connectivity index (χ1v) is 8.28. The van der Waals surface area contributed by atoms with Crippen LogP contribution in [0.4, 0.5) is 0 Å². The highest BCUT2D eigenvalue weighted by molar-refractivity contribution is 6.33. The summed E-state index contributed by atoms with van der Waals surface area (Å²) in [5, 5.41) is 4.98. The van der Waals surface area contributed by atoms with Gasteiger partial charge in [-0.3, -0.25) is 0 Å². The molecule has 1 saturated heterocycles. The minimum atomic E-state index is 0.744. The van der Waals surface area contributed by atoms with Crippen LogP contribution in [0.3, 0.4) is 0 Å². The van der Waals surface area contributed by atoms with Gasteiger partial charge in [-0.2, -0.15) is 0 Å². The molecule has 0 spiro atoms. The third kappa shape index (κ3) is 5.25. The maximum absolute atomic E-state index is 6.14. The Balaban J connectivity index is 1.61. The van der Waals surface area contributed by atoms with E-state index in [2.05, 4.69) is 17.1 Å². The smallest absolute Gasteiger partial charge is 0.0451 e. The highest BCUT2D eigenvalue weighted by Gasteiger charge is 2.14. The molecule has 0 bridgehead atoms. The van der Waals surface area contributed by atoms with Gasteiger partial charge in [0, 0.05) is 16.6 Å². The van der Waals surface area contributed by atoms with Crippen molar-refractivity contribution in [2.75, 3.05) is 26.2 Å². The highest BCUT2D eigenvalue weighted by Crippen LogP contribution is 2.20. The van der Waals surface area contributed by atoms with Crippen LogP contribution in [0.2, 0.25) is 10.0 Å². The van der Waals surface area contributed by atoms with Crippen molar-refractivity contribution in [1.82, 2.24) is 10.2 Å². The van der Waals surface area contributed by atoms with Crippen molar-refractivity contribution in [3.8, 4) is 0 Å². The van der Waals surface area contributed by atoms with Crippen molar-refractivity contribution in [3.63, 3.8) is 0 Å². The van der Waals surface area contributed by atoms with E-state index in [0.717, 1.165) is 34.6 Å². The summed E-state index contributed by atoms with van der Waals surface area (Å²) < 4.78 is 0. The molecule has 4 heteroatoms. The molecule has 1 aliphatic rings. The van der Waals surface area contributed by atoms with Gasteiger partial charge in [0.15, 0.2) is 0 Å². The molecule has 1 fully saturated rings. The van der Waals surface area contributed by atoms with Gasteiger partial charge in [-0.05, 0) is 75.1 Å². The number of nitrogens with zero attached hydrogens (tertiary/aromatic N) is 1. The zero-order valence-electron chi connectivity index (χ0n) is 12.2. The molecule has 0 unspecified atom stereocenters. The molecule has 112 valence electrons. The average Bonchev–Trinajstić information content (AvgIpc) is 2.44. The molecular formula is C16H24Cl2N2. The fraction of sp³-hybridized carbons (Fsp3) is 0.625. The van der Waals surface area contributed by atoms with Crippen molar-refractivity contribution >= 4 is 23.2 Å². The zero-order valence-corrected chi connectivity index (χ0v) is 13.7. The Bertz CT molecular complexity index is 415. The lowest BCUT2D eigenvalue weighted by Gasteiger charge is -2.30. The van der Waals surface area contributed by atoms with E-state index in [1.807, 2.05) is 18.2 Å². The Morgan fingerprint density at radius 1 is 1.25 bits per heavy atom. The Kier molecular flexibility index (Phi) is 6.63. The first kappa shape index (κ1) is 16.1. The second-order valence-corrected chi connectivity index (χ2v) is 6.63. The first-order valence-electron chi connectivity index (χ1n) is 7.52. The van der Waals surface area contributed by atoms with Crippen LogP contribution in [0.1, 0.15) is 31.7 Å². The summed E-state index contributed by atoms with van der Waals surface area (Å²) in [7, 11) is 0. The van der Waals surface area contributed by atoms with Gasteiger partial charge < -0.3 is 10.2 Å². The Hall–Kier alpha value is -0.280. The summed E-state index contributed by atoms with van der Waals surface area (Å²) in [5.41, 5.74) is 1.07. The fourth-order valence-corrected chi connectivity index (χ4v) is 2.99. The molecule has 1 aromatic carbocycles. The predicted octanol–water partition coefficient (Wildman–Crippen LogP) is 4.21. The van der Waals surface area contributed by atoms with E-state index >= 15 is 0 Å². The van der Waals surface area contributed by atoms with Crippen molar-refractivity contribution < 1.29 is 0 Å². The lowest BCUT2D eigenvalue weighted by Crippen LogP contribution is -2.34. The molecule has 0 aliphatic carbocycles. The summed E-state index contributed by atoms with van der Waals surface area (Å²) >= 11 is 12.1. The van der Waals surface area contributed by atoms with Crippen LogP contribution in [-0.4, -0.2) is 31.1 Å². The summed E-state index contributed by atoms with van der Waals surface area (Å²) in [5.74, 6) is 0.911. The van der Waals surface area contributed by atoms with E-state index in [0.29, 0.717) is 0 Å². The molecule has 0 saturated carbocycles. The molecule has 1 N–H and O–H groups in total. The summed E-state index contributed by atoms with van der Waals surface area (Å²) in [4.78, 5) is 2.58. The number of rotatable bonds is 6. The number of benzene rings is 1. The van der Waals surface area contributed by atoms with E-state index < -0.39 is 0 Å². The minimum Gasteiger partial charge on any atom is -0.313 e. The van der Waals surface area contributed by atoms with Gasteiger partial charge in [-0.1, -0.05) is 30.1 Å². The number of halogens is 2. The lowest BCUT2D eigenvalue weighted by atomic mass is 9.99.